The zero-order chi connectivity index (χ0) is 53.1. The van der Waals surface area contributed by atoms with Crippen LogP contribution in [0.2, 0.25) is 0 Å². The van der Waals surface area contributed by atoms with E-state index >= 15 is 0 Å². The number of carbonyl (C=O) groups is 2. The third kappa shape index (κ3) is 58.3. The molecular formula is C63H112NO8P. The number of nitrogens with two attached hydrogens (primary N) is 1. The lowest BCUT2D eigenvalue weighted by Crippen LogP contribution is -2.29. The second kappa shape index (κ2) is 58.5. The van der Waals surface area contributed by atoms with Crippen molar-refractivity contribution in [2.24, 2.45) is 5.73 Å². The van der Waals surface area contributed by atoms with Gasteiger partial charge >= 0.3 is 19.8 Å². The first-order valence-electron chi connectivity index (χ1n) is 30.1. The molecule has 0 aromatic carbocycles. The minimum absolute atomic E-state index is 0.00326. The molecule has 0 rings (SSSR count). The van der Waals surface area contributed by atoms with Gasteiger partial charge in [-0.3, -0.25) is 18.6 Å². The van der Waals surface area contributed by atoms with Gasteiger partial charge in [0.25, 0.3) is 0 Å². The highest BCUT2D eigenvalue weighted by Crippen LogP contribution is 2.43. The molecule has 3 N–H and O–H groups in total. The van der Waals surface area contributed by atoms with Crippen LogP contribution in [-0.2, 0) is 32.7 Å². The fourth-order valence-electron chi connectivity index (χ4n) is 8.39. The molecule has 0 amide bonds. The van der Waals surface area contributed by atoms with Crippen molar-refractivity contribution in [3.8, 4) is 0 Å². The predicted molar refractivity (Wildman–Crippen MR) is 312 cm³/mol. The van der Waals surface area contributed by atoms with Crippen molar-refractivity contribution in [3.05, 3.63) is 85.1 Å². The zero-order valence-electron chi connectivity index (χ0n) is 47.1. The van der Waals surface area contributed by atoms with E-state index in [1.807, 2.05) is 12.2 Å². The Morgan fingerprint density at radius 3 is 1.19 bits per heavy atom. The fraction of sp³-hybridized carbons (Fsp3) is 0.746. The number of ether oxygens (including phenoxy) is 2. The first kappa shape index (κ1) is 70.2. The van der Waals surface area contributed by atoms with Crippen LogP contribution >= 0.6 is 7.82 Å². The molecule has 0 heterocycles. The molecule has 422 valence electrons. The Kier molecular flexibility index (Phi) is 56.2. The van der Waals surface area contributed by atoms with Gasteiger partial charge in [-0.05, 0) is 70.6 Å². The van der Waals surface area contributed by atoms with Gasteiger partial charge in [0.05, 0.1) is 19.6 Å². The molecule has 10 heteroatoms. The summed E-state index contributed by atoms with van der Waals surface area (Å²) < 4.78 is 32.8. The average Bonchev–Trinajstić information content (AvgIpc) is 3.38. The Balaban J connectivity index is 3.83. The van der Waals surface area contributed by atoms with Crippen molar-refractivity contribution < 1.29 is 37.6 Å². The van der Waals surface area contributed by atoms with Crippen LogP contribution in [0.4, 0.5) is 0 Å². The lowest BCUT2D eigenvalue weighted by molar-refractivity contribution is -0.160. The van der Waals surface area contributed by atoms with Gasteiger partial charge < -0.3 is 20.1 Å². The molecule has 2 atom stereocenters. The van der Waals surface area contributed by atoms with Crippen LogP contribution in [0.3, 0.4) is 0 Å². The van der Waals surface area contributed by atoms with Crippen LogP contribution in [-0.4, -0.2) is 49.3 Å². The largest absolute Gasteiger partial charge is 0.472 e. The lowest BCUT2D eigenvalue weighted by atomic mass is 10.0. The second-order valence-electron chi connectivity index (χ2n) is 19.9. The summed E-state index contributed by atoms with van der Waals surface area (Å²) in [5, 5.41) is 0. The first-order chi connectivity index (χ1) is 35.8. The molecule has 0 saturated heterocycles. The Labute approximate surface area is 449 Å². The van der Waals surface area contributed by atoms with Crippen LogP contribution in [0, 0.1) is 0 Å². The highest BCUT2D eigenvalue weighted by atomic mass is 31.2. The summed E-state index contributed by atoms with van der Waals surface area (Å²) in [4.78, 5) is 35.0. The van der Waals surface area contributed by atoms with E-state index in [9.17, 15) is 19.0 Å². The third-order valence-electron chi connectivity index (χ3n) is 12.8. The van der Waals surface area contributed by atoms with Gasteiger partial charge in [-0.25, -0.2) is 4.57 Å². The summed E-state index contributed by atoms with van der Waals surface area (Å²) in [6.45, 7) is 3.52. The summed E-state index contributed by atoms with van der Waals surface area (Å²) in [6.07, 6.45) is 77.1. The summed E-state index contributed by atoms with van der Waals surface area (Å²) in [7, 11) is -4.41. The number of hydrogen-bond acceptors (Lipinski definition) is 8. The van der Waals surface area contributed by atoms with E-state index in [2.05, 4.69) is 80.7 Å². The molecule has 73 heavy (non-hydrogen) atoms. The van der Waals surface area contributed by atoms with Crippen molar-refractivity contribution in [2.45, 2.75) is 277 Å². The Bertz CT molecular complexity index is 1470. The molecular weight excluding hydrogens is 930 g/mol. The minimum Gasteiger partial charge on any atom is -0.462 e. The number of unbranched alkanes of at least 4 members (excludes halogenated alkanes) is 30. The third-order valence-corrected chi connectivity index (χ3v) is 13.8. The highest BCUT2D eigenvalue weighted by Gasteiger charge is 2.25. The summed E-state index contributed by atoms with van der Waals surface area (Å²) in [5.41, 5.74) is 5.36. The van der Waals surface area contributed by atoms with Crippen molar-refractivity contribution in [1.29, 1.82) is 0 Å². The molecule has 0 aromatic heterocycles. The van der Waals surface area contributed by atoms with E-state index in [1.165, 1.54) is 186 Å². The molecule has 0 aliphatic carbocycles. The van der Waals surface area contributed by atoms with Gasteiger partial charge in [0, 0.05) is 13.0 Å². The van der Waals surface area contributed by atoms with E-state index in [0.717, 1.165) is 51.4 Å². The maximum absolute atomic E-state index is 12.6. The molecule has 0 fully saturated rings. The monoisotopic (exact) mass is 1040 g/mol. The van der Waals surface area contributed by atoms with Gasteiger partial charge in [0.1, 0.15) is 6.61 Å². The Hall–Kier alpha value is -2.81. The van der Waals surface area contributed by atoms with E-state index in [1.54, 1.807) is 6.08 Å². The molecule has 0 saturated carbocycles. The number of esters is 2. The van der Waals surface area contributed by atoms with Crippen molar-refractivity contribution >= 4 is 19.8 Å². The first-order valence-corrected chi connectivity index (χ1v) is 31.6. The summed E-state index contributed by atoms with van der Waals surface area (Å²) >= 11 is 0. The smallest absolute Gasteiger partial charge is 0.462 e. The van der Waals surface area contributed by atoms with Gasteiger partial charge in [0.2, 0.25) is 0 Å². The number of rotatable bonds is 56. The van der Waals surface area contributed by atoms with Crippen LogP contribution in [0.5, 0.6) is 0 Å². The van der Waals surface area contributed by atoms with Gasteiger partial charge in [0.15, 0.2) is 6.10 Å². The van der Waals surface area contributed by atoms with Crippen LogP contribution in [0.15, 0.2) is 85.1 Å². The number of carbonyl (C=O) groups excluding carboxylic acids is 2. The van der Waals surface area contributed by atoms with E-state index < -0.39 is 32.5 Å². The van der Waals surface area contributed by atoms with E-state index in [-0.39, 0.29) is 32.6 Å². The quantitative estimate of drug-likeness (QED) is 0.0264. The van der Waals surface area contributed by atoms with Gasteiger partial charge in [-0.15, -0.1) is 0 Å². The van der Waals surface area contributed by atoms with Crippen molar-refractivity contribution in [2.75, 3.05) is 26.4 Å². The van der Waals surface area contributed by atoms with Crippen LogP contribution in [0.1, 0.15) is 271 Å². The fourth-order valence-corrected chi connectivity index (χ4v) is 9.16. The van der Waals surface area contributed by atoms with Crippen LogP contribution < -0.4 is 5.73 Å². The molecule has 0 bridgehead atoms. The molecule has 0 spiro atoms. The molecule has 2 unspecified atom stereocenters. The summed E-state index contributed by atoms with van der Waals surface area (Å²) in [6, 6.07) is 0. The average molecular weight is 1040 g/mol. The Morgan fingerprint density at radius 1 is 0.438 bits per heavy atom. The number of hydrogen-bond donors (Lipinski definition) is 2. The number of allylic oxidation sites excluding steroid dienone is 13. The maximum Gasteiger partial charge on any atom is 0.472 e. The SMILES string of the molecule is CC/C=C\C/C=C\C/C=C\C/C=C\C/C=C\CC(=O)OC(COC(=O)CCCCCCCCCCCCCCCCCCCCCCCCCCC/C=C\C/C=C\CCCCCCC)COP(=O)(O)OCCN. The zero-order valence-corrected chi connectivity index (χ0v) is 48.0. The second-order valence-corrected chi connectivity index (χ2v) is 21.3. The molecule has 0 aromatic rings. The summed E-state index contributed by atoms with van der Waals surface area (Å²) in [5.74, 6) is -0.971. The van der Waals surface area contributed by atoms with E-state index in [4.69, 9.17) is 24.3 Å². The number of phosphoric ester groups is 1. The van der Waals surface area contributed by atoms with Crippen molar-refractivity contribution in [3.63, 3.8) is 0 Å². The standard InChI is InChI=1S/C63H112NO8P/c1-3-5-7-9-11-13-15-17-19-20-21-22-23-24-25-26-27-28-29-30-31-32-33-34-35-36-37-38-39-40-42-43-45-47-49-51-53-55-62(65)69-59-61(60-71-73(67,68)70-58-57-64)72-63(66)56-54-52-50-48-46-44-41-18-16-14-12-10-8-6-4-2/h6,8,12,14-15,17-18,20-21,41,46,48,52,54,61H,3-5,7,9-11,13,16,19,22-40,42-45,47,49-51,53,55-60,64H2,1-2H3,(H,67,68)/b8-6-,14-12-,17-15-,21-20-,41-18-,48-46-,54-52-. The van der Waals surface area contributed by atoms with Crippen LogP contribution in [0.25, 0.3) is 0 Å². The number of phosphoric acid groups is 1. The predicted octanol–water partition coefficient (Wildman–Crippen LogP) is 19.1. The molecule has 9 nitrogen and oxygen atoms in total. The topological polar surface area (TPSA) is 134 Å². The van der Waals surface area contributed by atoms with Gasteiger partial charge in [-0.1, -0.05) is 272 Å². The Morgan fingerprint density at radius 2 is 0.795 bits per heavy atom. The van der Waals surface area contributed by atoms with Gasteiger partial charge in [-0.2, -0.15) is 0 Å². The molecule has 0 radical (unpaired) electrons. The highest BCUT2D eigenvalue weighted by molar-refractivity contribution is 7.47. The van der Waals surface area contributed by atoms with Crippen molar-refractivity contribution in [1.82, 2.24) is 0 Å². The molecule has 0 aliphatic rings. The van der Waals surface area contributed by atoms with E-state index in [0.29, 0.717) is 6.42 Å². The molecule has 0 aliphatic heterocycles. The minimum atomic E-state index is -4.41. The normalized spacial score (nSPS) is 13.6. The maximum atomic E-state index is 12.6. The lowest BCUT2D eigenvalue weighted by Gasteiger charge is -2.19.